The normalized spacial score (nSPS) is 13.7. The van der Waals surface area contributed by atoms with Crippen LogP contribution in [0.5, 0.6) is 5.75 Å². The minimum Gasteiger partial charge on any atom is -0.494 e. The van der Waals surface area contributed by atoms with Gasteiger partial charge in [-0.1, -0.05) is 66.2 Å². The van der Waals surface area contributed by atoms with E-state index in [0.29, 0.717) is 11.5 Å². The van der Waals surface area contributed by atoms with Crippen LogP contribution in [0.25, 0.3) is 0 Å². The summed E-state index contributed by atoms with van der Waals surface area (Å²) < 4.78 is 5.75. The predicted molar refractivity (Wildman–Crippen MR) is 102 cm³/mol. The smallest absolute Gasteiger partial charge is 0.233 e. The van der Waals surface area contributed by atoms with Gasteiger partial charge in [-0.25, -0.2) is 0 Å². The van der Waals surface area contributed by atoms with Crippen molar-refractivity contribution in [1.29, 1.82) is 0 Å². The van der Waals surface area contributed by atoms with Crippen LogP contribution < -0.4 is 4.74 Å². The highest BCUT2D eigenvalue weighted by atomic mass is 16.5. The van der Waals surface area contributed by atoms with E-state index in [4.69, 9.17) is 4.74 Å². The van der Waals surface area contributed by atoms with Crippen molar-refractivity contribution in [2.45, 2.75) is 72.6 Å². The minimum absolute atomic E-state index is 0.568. The lowest BCUT2D eigenvalue weighted by Crippen LogP contribution is -2.05. The molecule has 135 valence electrons. The number of hydrogen-bond donors (Lipinski definition) is 0. The third-order valence-corrected chi connectivity index (χ3v) is 4.72. The van der Waals surface area contributed by atoms with E-state index in [-0.39, 0.29) is 0 Å². The van der Waals surface area contributed by atoms with Crippen LogP contribution >= 0.6 is 0 Å². The van der Waals surface area contributed by atoms with Crippen molar-refractivity contribution >= 4 is 6.29 Å². The molecule has 0 aromatic heterocycles. The maximum Gasteiger partial charge on any atom is 0.233 e. The zero-order valence-corrected chi connectivity index (χ0v) is 16.0. The summed E-state index contributed by atoms with van der Waals surface area (Å²) in [5.41, 5.74) is 0.568. The summed E-state index contributed by atoms with van der Waals surface area (Å²) in [6.07, 6.45) is 11.1. The molecule has 1 aromatic carbocycles. The van der Waals surface area contributed by atoms with Crippen molar-refractivity contribution < 1.29 is 9.53 Å². The van der Waals surface area contributed by atoms with Gasteiger partial charge in [0.1, 0.15) is 5.75 Å². The molecule has 24 heavy (non-hydrogen) atoms. The fourth-order valence-corrected chi connectivity index (χ4v) is 2.98. The average molecular weight is 332 g/mol. The highest BCUT2D eigenvalue weighted by Gasteiger charge is 2.07. The SMILES string of the molecule is CC(C)CCCC(C)CCCC(C)CCOc1ccc([C]=O)cc1. The molecule has 0 amide bonds. The zero-order valence-electron chi connectivity index (χ0n) is 16.0. The molecule has 0 heterocycles. The second kappa shape index (κ2) is 12.1. The van der Waals surface area contributed by atoms with Crippen molar-refractivity contribution in [2.24, 2.45) is 17.8 Å². The Bertz CT molecular complexity index is 436. The van der Waals surface area contributed by atoms with Crippen LogP contribution in [0, 0.1) is 17.8 Å². The Kier molecular flexibility index (Phi) is 10.5. The summed E-state index contributed by atoms with van der Waals surface area (Å²) in [5, 5.41) is 0. The number of rotatable bonds is 13. The van der Waals surface area contributed by atoms with E-state index in [1.54, 1.807) is 12.1 Å². The van der Waals surface area contributed by atoms with Crippen LogP contribution in [0.2, 0.25) is 0 Å². The fraction of sp³-hybridized carbons (Fsp3) is 0.682. The van der Waals surface area contributed by atoms with Crippen molar-refractivity contribution in [1.82, 2.24) is 0 Å². The Morgan fingerprint density at radius 1 is 0.833 bits per heavy atom. The molecule has 2 unspecified atom stereocenters. The lowest BCUT2D eigenvalue weighted by molar-refractivity contribution is 0.274. The van der Waals surface area contributed by atoms with Gasteiger partial charge < -0.3 is 4.74 Å². The van der Waals surface area contributed by atoms with Crippen molar-refractivity contribution in [3.63, 3.8) is 0 Å². The number of carbonyl (C=O) groups excluding carboxylic acids is 1. The van der Waals surface area contributed by atoms with E-state index >= 15 is 0 Å². The van der Waals surface area contributed by atoms with E-state index < -0.39 is 0 Å². The minimum atomic E-state index is 0.568. The van der Waals surface area contributed by atoms with E-state index in [1.165, 1.54) is 38.5 Å². The molecule has 1 radical (unpaired) electrons. The first kappa shape index (κ1) is 20.7. The predicted octanol–water partition coefficient (Wildman–Crippen LogP) is 6.18. The lowest BCUT2D eigenvalue weighted by Gasteiger charge is -2.15. The van der Waals surface area contributed by atoms with Gasteiger partial charge in [0.25, 0.3) is 0 Å². The molecule has 0 N–H and O–H groups in total. The molecule has 0 saturated heterocycles. The summed E-state index contributed by atoms with van der Waals surface area (Å²) in [5.74, 6) is 3.24. The second-order valence-electron chi connectivity index (χ2n) is 7.73. The fourth-order valence-electron chi connectivity index (χ4n) is 2.98. The highest BCUT2D eigenvalue weighted by Crippen LogP contribution is 2.20. The Labute approximate surface area is 149 Å². The number of hydrogen-bond acceptors (Lipinski definition) is 2. The number of benzene rings is 1. The molecular weight excluding hydrogens is 296 g/mol. The topological polar surface area (TPSA) is 26.3 Å². The monoisotopic (exact) mass is 331 g/mol. The standard InChI is InChI=1S/C22H35O2/c1-18(2)7-5-8-19(3)9-6-10-20(4)15-16-24-22-13-11-21(17-23)12-14-22/h11-14,18-20H,5-10,15-16H2,1-4H3. The summed E-state index contributed by atoms with van der Waals surface area (Å²) in [4.78, 5) is 10.5. The van der Waals surface area contributed by atoms with Gasteiger partial charge in [-0.2, -0.15) is 0 Å². The molecule has 0 saturated carbocycles. The largest absolute Gasteiger partial charge is 0.494 e. The molecule has 0 spiro atoms. The van der Waals surface area contributed by atoms with Crippen LogP contribution in [-0.2, 0) is 4.79 Å². The van der Waals surface area contributed by atoms with Crippen LogP contribution in [0.3, 0.4) is 0 Å². The lowest BCUT2D eigenvalue weighted by atomic mass is 9.93. The first-order chi connectivity index (χ1) is 11.5. The van der Waals surface area contributed by atoms with Crippen LogP contribution in [-0.4, -0.2) is 12.9 Å². The second-order valence-corrected chi connectivity index (χ2v) is 7.73. The Morgan fingerprint density at radius 2 is 1.38 bits per heavy atom. The van der Waals surface area contributed by atoms with E-state index in [9.17, 15) is 4.79 Å². The first-order valence-electron chi connectivity index (χ1n) is 9.62. The zero-order chi connectivity index (χ0) is 17.8. The average Bonchev–Trinajstić information content (AvgIpc) is 2.55. The van der Waals surface area contributed by atoms with Crippen LogP contribution in [0.4, 0.5) is 0 Å². The molecule has 0 bridgehead atoms. The van der Waals surface area contributed by atoms with Gasteiger partial charge in [-0.3, -0.25) is 4.79 Å². The molecule has 1 rings (SSSR count). The van der Waals surface area contributed by atoms with E-state index in [2.05, 4.69) is 27.7 Å². The molecule has 2 atom stereocenters. The first-order valence-corrected chi connectivity index (χ1v) is 9.62. The molecule has 0 aliphatic carbocycles. The van der Waals surface area contributed by atoms with Crippen molar-refractivity contribution in [3.8, 4) is 5.75 Å². The Hall–Kier alpha value is -1.31. The van der Waals surface area contributed by atoms with Crippen molar-refractivity contribution in [2.75, 3.05) is 6.61 Å². The van der Waals surface area contributed by atoms with E-state index in [1.807, 2.05) is 18.4 Å². The molecule has 2 heteroatoms. The van der Waals surface area contributed by atoms with Gasteiger partial charge in [0.2, 0.25) is 6.29 Å². The van der Waals surface area contributed by atoms with Gasteiger partial charge in [-0.15, -0.1) is 0 Å². The van der Waals surface area contributed by atoms with Gasteiger partial charge in [0, 0.05) is 5.56 Å². The van der Waals surface area contributed by atoms with Gasteiger partial charge in [-0.05, 0) is 48.4 Å². The van der Waals surface area contributed by atoms with E-state index in [0.717, 1.165) is 30.6 Å². The van der Waals surface area contributed by atoms with Crippen molar-refractivity contribution in [3.05, 3.63) is 29.8 Å². The maximum absolute atomic E-state index is 10.5. The third-order valence-electron chi connectivity index (χ3n) is 4.72. The summed E-state index contributed by atoms with van der Waals surface area (Å²) >= 11 is 0. The Morgan fingerprint density at radius 3 is 1.92 bits per heavy atom. The summed E-state index contributed by atoms with van der Waals surface area (Å²) in [6, 6.07) is 7.16. The molecule has 2 nitrogen and oxygen atoms in total. The van der Waals surface area contributed by atoms with Gasteiger partial charge >= 0.3 is 0 Å². The molecule has 1 aromatic rings. The summed E-state index contributed by atoms with van der Waals surface area (Å²) in [6.45, 7) is 10.1. The molecule has 0 fully saturated rings. The van der Waals surface area contributed by atoms with Gasteiger partial charge in [0.15, 0.2) is 0 Å². The molecule has 0 aliphatic heterocycles. The molecule has 0 aliphatic rings. The Balaban J connectivity index is 2.06. The van der Waals surface area contributed by atoms with Gasteiger partial charge in [0.05, 0.1) is 6.61 Å². The van der Waals surface area contributed by atoms with Crippen LogP contribution in [0.1, 0.15) is 78.2 Å². The number of ether oxygens (including phenoxy) is 1. The third kappa shape index (κ3) is 9.75. The maximum atomic E-state index is 10.5. The quantitative estimate of drug-likeness (QED) is 0.431. The van der Waals surface area contributed by atoms with Crippen LogP contribution in [0.15, 0.2) is 24.3 Å². The molecular formula is C22H35O2. The highest BCUT2D eigenvalue weighted by molar-refractivity contribution is 5.75. The summed E-state index contributed by atoms with van der Waals surface area (Å²) in [7, 11) is 0.